The van der Waals surface area contributed by atoms with Crippen LogP contribution in [0, 0.1) is 13.8 Å². The van der Waals surface area contributed by atoms with Crippen molar-refractivity contribution in [2.75, 3.05) is 18.4 Å². The van der Waals surface area contributed by atoms with E-state index in [0.717, 1.165) is 16.0 Å². The van der Waals surface area contributed by atoms with Gasteiger partial charge < -0.3 is 5.32 Å². The first kappa shape index (κ1) is 15.7. The van der Waals surface area contributed by atoms with Crippen LogP contribution in [-0.2, 0) is 14.4 Å². The molecule has 0 aromatic heterocycles. The molecule has 1 N–H and O–H groups in total. The predicted molar refractivity (Wildman–Crippen MR) is 79.0 cm³/mol. The van der Waals surface area contributed by atoms with Crippen LogP contribution in [0.5, 0.6) is 0 Å². The van der Waals surface area contributed by atoms with Crippen molar-refractivity contribution in [3.63, 3.8) is 0 Å². The van der Waals surface area contributed by atoms with E-state index < -0.39 is 30.3 Å². The maximum Gasteiger partial charge on any atom is 0.334 e. The fourth-order valence-corrected chi connectivity index (χ4v) is 2.36. The summed E-state index contributed by atoms with van der Waals surface area (Å²) in [5.41, 5.74) is 2.55. The molecule has 0 unspecified atom stereocenters. The number of anilines is 1. The van der Waals surface area contributed by atoms with Crippen molar-refractivity contribution in [2.24, 2.45) is 0 Å². The molecule has 1 heterocycles. The molecule has 5 amide bonds. The molecular formula is C15H17N3O4. The molecule has 0 atom stereocenters. The highest BCUT2D eigenvalue weighted by Crippen LogP contribution is 2.15. The lowest BCUT2D eigenvalue weighted by atomic mass is 10.1. The summed E-state index contributed by atoms with van der Waals surface area (Å²) in [5, 5.41) is 2.62. The summed E-state index contributed by atoms with van der Waals surface area (Å²) in [7, 11) is 0. The Bertz CT molecular complexity index is 649. The molecule has 0 aliphatic carbocycles. The molecule has 1 aliphatic rings. The molecule has 0 spiro atoms. The van der Waals surface area contributed by atoms with Gasteiger partial charge in [-0.15, -0.1) is 0 Å². The molecule has 0 saturated carbocycles. The topological polar surface area (TPSA) is 86.8 Å². The molecule has 116 valence electrons. The van der Waals surface area contributed by atoms with E-state index in [-0.39, 0.29) is 6.54 Å². The van der Waals surface area contributed by atoms with E-state index in [1.165, 1.54) is 0 Å². The van der Waals surface area contributed by atoms with Crippen LogP contribution < -0.4 is 5.32 Å². The largest absolute Gasteiger partial charge is 0.334 e. The van der Waals surface area contributed by atoms with Gasteiger partial charge in [-0.1, -0.05) is 6.07 Å². The van der Waals surface area contributed by atoms with Gasteiger partial charge in [0, 0.05) is 12.2 Å². The van der Waals surface area contributed by atoms with Gasteiger partial charge >= 0.3 is 17.8 Å². The Hall–Kier alpha value is -2.70. The molecule has 1 saturated heterocycles. The van der Waals surface area contributed by atoms with Gasteiger partial charge in [0.25, 0.3) is 0 Å². The molecule has 1 aromatic carbocycles. The highest BCUT2D eigenvalue weighted by molar-refractivity contribution is 6.45. The van der Waals surface area contributed by atoms with Gasteiger partial charge in [0.1, 0.15) is 6.54 Å². The lowest BCUT2D eigenvalue weighted by Gasteiger charge is -2.14. The van der Waals surface area contributed by atoms with Crippen LogP contribution in [0.3, 0.4) is 0 Å². The molecule has 0 bridgehead atoms. The smallest absolute Gasteiger partial charge is 0.325 e. The maximum atomic E-state index is 12.0. The number of hydrogen-bond acceptors (Lipinski definition) is 4. The number of urea groups is 1. The Labute approximate surface area is 127 Å². The van der Waals surface area contributed by atoms with Gasteiger partial charge in [0.2, 0.25) is 5.91 Å². The number of hydrogen-bond donors (Lipinski definition) is 1. The monoisotopic (exact) mass is 303 g/mol. The SMILES string of the molecule is CCN1C(=O)C(=O)N(CC(=O)Nc2cc(C)cc(C)c2)C1=O. The quantitative estimate of drug-likeness (QED) is 0.665. The zero-order valence-corrected chi connectivity index (χ0v) is 12.7. The third-order valence-electron chi connectivity index (χ3n) is 3.26. The Morgan fingerprint density at radius 2 is 1.55 bits per heavy atom. The minimum Gasteiger partial charge on any atom is -0.325 e. The number of aryl methyl sites for hydroxylation is 2. The van der Waals surface area contributed by atoms with Crippen LogP contribution in [-0.4, -0.2) is 46.6 Å². The molecule has 1 fully saturated rings. The lowest BCUT2D eigenvalue weighted by Crippen LogP contribution is -2.39. The van der Waals surface area contributed by atoms with Crippen LogP contribution in [0.1, 0.15) is 18.1 Å². The fraction of sp³-hybridized carbons (Fsp3) is 0.333. The normalized spacial score (nSPS) is 14.8. The number of amides is 5. The first-order valence-corrected chi connectivity index (χ1v) is 6.89. The van der Waals surface area contributed by atoms with Gasteiger partial charge in [0.05, 0.1) is 0 Å². The third kappa shape index (κ3) is 2.98. The Morgan fingerprint density at radius 1 is 1.00 bits per heavy atom. The number of likely N-dealkylation sites (N-methyl/N-ethyl adjacent to an activating group) is 1. The molecule has 7 nitrogen and oxygen atoms in total. The summed E-state index contributed by atoms with van der Waals surface area (Å²) in [6.07, 6.45) is 0. The average Bonchev–Trinajstić information content (AvgIpc) is 2.61. The van der Waals surface area contributed by atoms with Crippen molar-refractivity contribution in [3.05, 3.63) is 29.3 Å². The Balaban J connectivity index is 2.07. The maximum absolute atomic E-state index is 12.0. The van der Waals surface area contributed by atoms with Crippen molar-refractivity contribution < 1.29 is 19.2 Å². The number of carbonyl (C=O) groups is 4. The van der Waals surface area contributed by atoms with Crippen LogP contribution >= 0.6 is 0 Å². The van der Waals surface area contributed by atoms with E-state index in [4.69, 9.17) is 0 Å². The molecule has 22 heavy (non-hydrogen) atoms. The fourth-order valence-electron chi connectivity index (χ4n) is 2.36. The summed E-state index contributed by atoms with van der Waals surface area (Å²) in [6.45, 7) is 5.00. The number of imide groups is 2. The highest BCUT2D eigenvalue weighted by atomic mass is 16.2. The highest BCUT2D eigenvalue weighted by Gasteiger charge is 2.44. The number of rotatable bonds is 4. The van der Waals surface area contributed by atoms with Crippen molar-refractivity contribution in [1.29, 1.82) is 0 Å². The Kier molecular flexibility index (Phi) is 4.25. The number of carbonyl (C=O) groups excluding carboxylic acids is 4. The second-order valence-electron chi connectivity index (χ2n) is 5.15. The molecule has 2 rings (SSSR count). The third-order valence-corrected chi connectivity index (χ3v) is 3.26. The van der Waals surface area contributed by atoms with E-state index in [1.807, 2.05) is 19.9 Å². The average molecular weight is 303 g/mol. The second kappa shape index (κ2) is 5.97. The summed E-state index contributed by atoms with van der Waals surface area (Å²) in [5.74, 6) is -2.40. The van der Waals surface area contributed by atoms with E-state index >= 15 is 0 Å². The van der Waals surface area contributed by atoms with E-state index in [2.05, 4.69) is 5.32 Å². The number of nitrogens with one attached hydrogen (secondary N) is 1. The van der Waals surface area contributed by atoms with Crippen molar-refractivity contribution in [2.45, 2.75) is 20.8 Å². The summed E-state index contributed by atoms with van der Waals surface area (Å²) < 4.78 is 0. The molecule has 0 radical (unpaired) electrons. The molecule has 1 aliphatic heterocycles. The zero-order valence-electron chi connectivity index (χ0n) is 12.7. The second-order valence-corrected chi connectivity index (χ2v) is 5.15. The van der Waals surface area contributed by atoms with Crippen molar-refractivity contribution >= 4 is 29.4 Å². The summed E-state index contributed by atoms with van der Waals surface area (Å²) in [4.78, 5) is 48.6. The van der Waals surface area contributed by atoms with Gasteiger partial charge in [-0.05, 0) is 44.0 Å². The molecular weight excluding hydrogens is 286 g/mol. The van der Waals surface area contributed by atoms with Crippen LogP contribution in [0.2, 0.25) is 0 Å². The Morgan fingerprint density at radius 3 is 2.05 bits per heavy atom. The predicted octanol–water partition coefficient (Wildman–Crippen LogP) is 1.05. The zero-order chi connectivity index (χ0) is 16.4. The van der Waals surface area contributed by atoms with Crippen LogP contribution in [0.25, 0.3) is 0 Å². The van der Waals surface area contributed by atoms with Gasteiger partial charge in [0.15, 0.2) is 0 Å². The van der Waals surface area contributed by atoms with Gasteiger partial charge in [-0.3, -0.25) is 19.3 Å². The number of benzene rings is 1. The first-order chi connectivity index (χ1) is 10.3. The van der Waals surface area contributed by atoms with Gasteiger partial charge in [-0.25, -0.2) is 9.69 Å². The van der Waals surface area contributed by atoms with E-state index in [1.54, 1.807) is 19.1 Å². The minimum absolute atomic E-state index is 0.0958. The molecule has 1 aromatic rings. The van der Waals surface area contributed by atoms with Crippen LogP contribution in [0.4, 0.5) is 10.5 Å². The summed E-state index contributed by atoms with van der Waals surface area (Å²) in [6, 6.07) is 4.76. The van der Waals surface area contributed by atoms with Crippen molar-refractivity contribution in [3.8, 4) is 0 Å². The number of nitrogens with zero attached hydrogens (tertiary/aromatic N) is 2. The van der Waals surface area contributed by atoms with E-state index in [9.17, 15) is 19.2 Å². The first-order valence-electron chi connectivity index (χ1n) is 6.89. The van der Waals surface area contributed by atoms with Gasteiger partial charge in [-0.2, -0.15) is 0 Å². The van der Waals surface area contributed by atoms with E-state index in [0.29, 0.717) is 10.6 Å². The van der Waals surface area contributed by atoms with Crippen LogP contribution in [0.15, 0.2) is 18.2 Å². The van der Waals surface area contributed by atoms with Crippen molar-refractivity contribution in [1.82, 2.24) is 9.80 Å². The summed E-state index contributed by atoms with van der Waals surface area (Å²) >= 11 is 0. The standard InChI is InChI=1S/C15H17N3O4/c1-4-17-13(20)14(21)18(15(17)22)8-12(19)16-11-6-9(2)5-10(3)7-11/h5-7H,4,8H2,1-3H3,(H,16,19). The lowest BCUT2D eigenvalue weighted by molar-refractivity contribution is -0.143. The minimum atomic E-state index is -0.970. The molecule has 7 heteroatoms.